The molecule has 0 saturated heterocycles. The summed E-state index contributed by atoms with van der Waals surface area (Å²) in [5.41, 5.74) is 5.73. The summed E-state index contributed by atoms with van der Waals surface area (Å²) in [6.07, 6.45) is 3.07. The molecular weight excluding hydrogens is 429 g/mol. The van der Waals surface area contributed by atoms with Crippen LogP contribution in [0.15, 0.2) is 77.3 Å². The van der Waals surface area contributed by atoms with Gasteiger partial charge in [-0.2, -0.15) is 0 Å². The summed E-state index contributed by atoms with van der Waals surface area (Å²) in [7, 11) is 0. The predicted octanol–water partition coefficient (Wildman–Crippen LogP) is 6.56. The summed E-state index contributed by atoms with van der Waals surface area (Å²) in [5.74, 6) is 0.480. The summed E-state index contributed by atoms with van der Waals surface area (Å²) in [6, 6.07) is 21.2. The summed E-state index contributed by atoms with van der Waals surface area (Å²) >= 11 is 3.49. The van der Waals surface area contributed by atoms with Crippen LogP contribution in [0, 0.1) is 5.82 Å². The maximum Gasteiger partial charge on any atom is 0.209 e. The third kappa shape index (κ3) is 3.15. The number of rotatable bonds is 3. The van der Waals surface area contributed by atoms with Gasteiger partial charge in [0.25, 0.3) is 0 Å². The standard InChI is InChI=1S/C24H19BrFN3/c1-2-15-7-9-16(10-8-15)21-14-23(18-13-17(25)11-12-19(18)26)29-22-6-4-3-5-20(22)27-24(29)28-21/h3-14,23H,2H2,1H3,(H,27,28)/t23-/m1/s1. The third-order valence-electron chi connectivity index (χ3n) is 5.39. The van der Waals surface area contributed by atoms with Gasteiger partial charge in [0.1, 0.15) is 5.82 Å². The summed E-state index contributed by atoms with van der Waals surface area (Å²) < 4.78 is 17.8. The van der Waals surface area contributed by atoms with Crippen molar-refractivity contribution < 1.29 is 4.39 Å². The Bertz CT molecular complexity index is 1240. The number of nitrogens with one attached hydrogen (secondary N) is 1. The first kappa shape index (κ1) is 18.1. The van der Waals surface area contributed by atoms with E-state index in [0.29, 0.717) is 11.5 Å². The largest absolute Gasteiger partial charge is 0.325 e. The molecule has 0 saturated carbocycles. The lowest BCUT2D eigenvalue weighted by molar-refractivity contribution is 0.583. The molecule has 1 aromatic heterocycles. The maximum absolute atomic E-state index is 14.9. The van der Waals surface area contributed by atoms with Gasteiger partial charge in [-0.25, -0.2) is 9.37 Å². The smallest absolute Gasteiger partial charge is 0.209 e. The topological polar surface area (TPSA) is 29.9 Å². The SMILES string of the molecule is CCc1ccc(C2=C[C@H](c3cc(Br)ccc3F)n3c(nc4ccccc43)N2)cc1. The molecule has 144 valence electrons. The van der Waals surface area contributed by atoms with Crippen molar-refractivity contribution in [2.24, 2.45) is 0 Å². The van der Waals surface area contributed by atoms with Gasteiger partial charge in [0.05, 0.1) is 17.1 Å². The molecule has 0 aliphatic carbocycles. The van der Waals surface area contributed by atoms with Crippen molar-refractivity contribution in [3.63, 3.8) is 0 Å². The van der Waals surface area contributed by atoms with Crippen molar-refractivity contribution in [3.8, 4) is 0 Å². The Morgan fingerprint density at radius 1 is 1.07 bits per heavy atom. The van der Waals surface area contributed by atoms with Crippen LogP contribution in [-0.2, 0) is 6.42 Å². The number of aromatic nitrogens is 2. The van der Waals surface area contributed by atoms with Crippen LogP contribution in [0.1, 0.15) is 29.7 Å². The number of allylic oxidation sites excluding steroid dienone is 1. The van der Waals surface area contributed by atoms with Crippen molar-refractivity contribution in [1.82, 2.24) is 9.55 Å². The molecule has 0 spiro atoms. The molecule has 1 aliphatic heterocycles. The van der Waals surface area contributed by atoms with E-state index < -0.39 is 0 Å². The molecule has 29 heavy (non-hydrogen) atoms. The average Bonchev–Trinajstić information content (AvgIpc) is 3.13. The molecule has 1 aliphatic rings. The lowest BCUT2D eigenvalue weighted by Crippen LogP contribution is -2.20. The average molecular weight is 448 g/mol. The first-order valence-corrected chi connectivity index (χ1v) is 10.4. The minimum Gasteiger partial charge on any atom is -0.325 e. The normalized spacial score (nSPS) is 15.7. The van der Waals surface area contributed by atoms with E-state index in [4.69, 9.17) is 4.98 Å². The Morgan fingerprint density at radius 3 is 2.66 bits per heavy atom. The van der Waals surface area contributed by atoms with E-state index in [0.717, 1.165) is 33.2 Å². The Balaban J connectivity index is 1.72. The number of para-hydroxylation sites is 2. The molecule has 3 aromatic carbocycles. The molecular formula is C24H19BrFN3. The number of hydrogen-bond acceptors (Lipinski definition) is 2. The van der Waals surface area contributed by atoms with Crippen molar-refractivity contribution >= 4 is 38.6 Å². The highest BCUT2D eigenvalue weighted by atomic mass is 79.9. The minimum absolute atomic E-state index is 0.235. The Kier molecular flexibility index (Phi) is 4.47. The van der Waals surface area contributed by atoms with Gasteiger partial charge in [0.15, 0.2) is 0 Å². The zero-order valence-corrected chi connectivity index (χ0v) is 17.4. The summed E-state index contributed by atoms with van der Waals surface area (Å²) in [6.45, 7) is 2.14. The van der Waals surface area contributed by atoms with Crippen molar-refractivity contribution in [2.75, 3.05) is 5.32 Å². The second-order valence-electron chi connectivity index (χ2n) is 7.16. The number of benzene rings is 3. The van der Waals surface area contributed by atoms with Crippen LogP contribution in [0.25, 0.3) is 16.7 Å². The lowest BCUT2D eigenvalue weighted by Gasteiger charge is -2.27. The third-order valence-corrected chi connectivity index (χ3v) is 5.89. The number of hydrogen-bond donors (Lipinski definition) is 1. The number of anilines is 1. The van der Waals surface area contributed by atoms with E-state index in [9.17, 15) is 4.39 Å². The fourth-order valence-electron chi connectivity index (χ4n) is 3.87. The van der Waals surface area contributed by atoms with Gasteiger partial charge in [0, 0.05) is 15.7 Å². The zero-order valence-electron chi connectivity index (χ0n) is 15.9. The van der Waals surface area contributed by atoms with Crippen LogP contribution >= 0.6 is 15.9 Å². The van der Waals surface area contributed by atoms with Crippen LogP contribution in [0.2, 0.25) is 0 Å². The van der Waals surface area contributed by atoms with Gasteiger partial charge in [0.2, 0.25) is 5.95 Å². The molecule has 2 heterocycles. The van der Waals surface area contributed by atoms with Crippen molar-refractivity contribution in [2.45, 2.75) is 19.4 Å². The monoisotopic (exact) mass is 447 g/mol. The summed E-state index contributed by atoms with van der Waals surface area (Å²) in [5, 5.41) is 3.45. The van der Waals surface area contributed by atoms with Crippen LogP contribution in [0.3, 0.4) is 0 Å². The predicted molar refractivity (Wildman–Crippen MR) is 119 cm³/mol. The lowest BCUT2D eigenvalue weighted by atomic mass is 10.00. The van der Waals surface area contributed by atoms with Crippen molar-refractivity contribution in [3.05, 3.63) is 99.8 Å². The molecule has 0 radical (unpaired) electrons. The molecule has 5 rings (SSSR count). The highest BCUT2D eigenvalue weighted by Gasteiger charge is 2.27. The molecule has 3 nitrogen and oxygen atoms in total. The van der Waals surface area contributed by atoms with Gasteiger partial charge < -0.3 is 5.32 Å². The zero-order chi connectivity index (χ0) is 20.0. The first-order chi connectivity index (χ1) is 14.1. The van der Waals surface area contributed by atoms with Gasteiger partial charge in [-0.05, 0) is 54.0 Å². The Labute approximate surface area is 177 Å². The molecule has 0 fully saturated rings. The molecule has 4 aromatic rings. The Morgan fingerprint density at radius 2 is 1.86 bits per heavy atom. The van der Waals surface area contributed by atoms with E-state index in [1.54, 1.807) is 6.07 Å². The number of fused-ring (bicyclic) bond motifs is 3. The van der Waals surface area contributed by atoms with Crippen LogP contribution in [-0.4, -0.2) is 9.55 Å². The second-order valence-corrected chi connectivity index (χ2v) is 8.08. The molecule has 0 amide bonds. The Hall–Kier alpha value is -2.92. The molecule has 1 atom stereocenters. The van der Waals surface area contributed by atoms with E-state index in [-0.39, 0.29) is 11.9 Å². The number of halogens is 2. The number of aryl methyl sites for hydroxylation is 1. The molecule has 1 N–H and O–H groups in total. The van der Waals surface area contributed by atoms with Crippen molar-refractivity contribution in [1.29, 1.82) is 0 Å². The van der Waals surface area contributed by atoms with Gasteiger partial charge in [-0.15, -0.1) is 0 Å². The fourth-order valence-corrected chi connectivity index (χ4v) is 4.25. The van der Waals surface area contributed by atoms with Gasteiger partial charge >= 0.3 is 0 Å². The highest BCUT2D eigenvalue weighted by Crippen LogP contribution is 2.38. The van der Waals surface area contributed by atoms with Crippen LogP contribution in [0.4, 0.5) is 10.3 Å². The van der Waals surface area contributed by atoms with E-state index in [1.165, 1.54) is 11.6 Å². The van der Waals surface area contributed by atoms with Crippen LogP contribution in [0.5, 0.6) is 0 Å². The van der Waals surface area contributed by atoms with Gasteiger partial charge in [-0.1, -0.05) is 59.3 Å². The quantitative estimate of drug-likeness (QED) is 0.385. The molecule has 0 bridgehead atoms. The maximum atomic E-state index is 14.9. The van der Waals surface area contributed by atoms with E-state index in [1.807, 2.05) is 30.3 Å². The fraction of sp³-hybridized carbons (Fsp3) is 0.125. The number of nitrogens with zero attached hydrogens (tertiary/aromatic N) is 2. The highest BCUT2D eigenvalue weighted by molar-refractivity contribution is 9.10. The van der Waals surface area contributed by atoms with E-state index >= 15 is 0 Å². The van der Waals surface area contributed by atoms with Gasteiger partial charge in [-0.3, -0.25) is 4.57 Å². The van der Waals surface area contributed by atoms with E-state index in [2.05, 4.69) is 63.1 Å². The minimum atomic E-state index is -0.308. The summed E-state index contributed by atoms with van der Waals surface area (Å²) in [4.78, 5) is 4.77. The first-order valence-electron chi connectivity index (χ1n) is 9.64. The second kappa shape index (κ2) is 7.16. The number of imidazole rings is 1. The molecule has 5 heteroatoms. The molecule has 0 unspecified atom stereocenters. The van der Waals surface area contributed by atoms with Crippen LogP contribution < -0.4 is 5.32 Å².